The number of hydrogen-bond donors (Lipinski definition) is 0. The van der Waals surface area contributed by atoms with Gasteiger partial charge in [-0.3, -0.25) is 4.79 Å². The molecule has 3 aromatic rings. The number of fused-ring (bicyclic) bond motifs is 1. The van der Waals surface area contributed by atoms with Crippen LogP contribution in [0.5, 0.6) is 0 Å². The zero-order valence-electron chi connectivity index (χ0n) is 14.7. The molecule has 4 rings (SSSR count). The molecule has 0 saturated carbocycles. The minimum Gasteiger partial charge on any atom is -0.335 e. The van der Waals surface area contributed by atoms with Crippen LogP contribution in [0.1, 0.15) is 16.1 Å². The number of halogens is 3. The number of benzene rings is 1. The van der Waals surface area contributed by atoms with Crippen molar-refractivity contribution in [1.29, 1.82) is 0 Å². The second-order valence-electron chi connectivity index (χ2n) is 6.76. The van der Waals surface area contributed by atoms with E-state index in [0.717, 1.165) is 33.8 Å². The molecule has 27 heavy (non-hydrogen) atoms. The van der Waals surface area contributed by atoms with Crippen molar-refractivity contribution in [1.82, 2.24) is 14.4 Å². The van der Waals surface area contributed by atoms with E-state index in [1.807, 2.05) is 28.0 Å². The van der Waals surface area contributed by atoms with Crippen LogP contribution < -0.4 is 0 Å². The average molecular weight is 454 g/mol. The topological polar surface area (TPSA) is 28.5 Å². The van der Waals surface area contributed by atoms with Crippen LogP contribution in [0.25, 0.3) is 10.2 Å². The molecule has 0 aliphatic carbocycles. The summed E-state index contributed by atoms with van der Waals surface area (Å²) in [5.74, 6) is -1.78. The summed E-state index contributed by atoms with van der Waals surface area (Å²) in [7, 11) is 2.04. The summed E-state index contributed by atoms with van der Waals surface area (Å²) >= 11 is 5.10. The van der Waals surface area contributed by atoms with Crippen molar-refractivity contribution >= 4 is 43.4 Å². The molecule has 0 spiro atoms. The fraction of sp³-hybridized carbons (Fsp3) is 0.316. The highest BCUT2D eigenvalue weighted by Gasteiger charge is 2.25. The molecule has 1 fully saturated rings. The number of carbonyl (C=O) groups excluding carboxylic acids is 1. The first-order valence-corrected chi connectivity index (χ1v) is 10.3. The number of aromatic nitrogens is 1. The first-order chi connectivity index (χ1) is 12.9. The first kappa shape index (κ1) is 18.6. The number of nitrogens with zero attached hydrogens (tertiary/aromatic N) is 3. The van der Waals surface area contributed by atoms with Gasteiger partial charge in [0.15, 0.2) is 11.6 Å². The smallest absolute Gasteiger partial charge is 0.270 e. The number of hydrogen-bond acceptors (Lipinski definition) is 3. The van der Waals surface area contributed by atoms with E-state index >= 15 is 0 Å². The highest BCUT2D eigenvalue weighted by atomic mass is 79.9. The van der Waals surface area contributed by atoms with Crippen molar-refractivity contribution in [3.05, 3.63) is 57.0 Å². The van der Waals surface area contributed by atoms with Crippen LogP contribution >= 0.6 is 27.3 Å². The second kappa shape index (κ2) is 7.33. The Hall–Kier alpha value is -1.77. The lowest BCUT2D eigenvalue weighted by Crippen LogP contribution is -2.47. The van der Waals surface area contributed by atoms with Crippen molar-refractivity contribution in [3.63, 3.8) is 0 Å². The molecule has 0 atom stereocenters. The number of piperazine rings is 1. The zero-order chi connectivity index (χ0) is 19.1. The van der Waals surface area contributed by atoms with E-state index < -0.39 is 11.6 Å². The molecule has 0 radical (unpaired) electrons. The zero-order valence-corrected chi connectivity index (χ0v) is 17.1. The summed E-state index contributed by atoms with van der Waals surface area (Å²) in [5.41, 5.74) is 2.09. The van der Waals surface area contributed by atoms with Gasteiger partial charge < -0.3 is 14.4 Å². The lowest BCUT2D eigenvalue weighted by Gasteiger charge is -2.32. The van der Waals surface area contributed by atoms with Crippen LogP contribution in [-0.4, -0.2) is 53.5 Å². The Bertz CT molecular complexity index is 1010. The van der Waals surface area contributed by atoms with E-state index in [9.17, 15) is 13.6 Å². The molecular weight excluding hydrogens is 436 g/mol. The van der Waals surface area contributed by atoms with E-state index in [4.69, 9.17) is 0 Å². The minimum atomic E-state index is -0.882. The second-order valence-corrected chi connectivity index (χ2v) is 8.52. The third-order valence-electron chi connectivity index (χ3n) is 4.91. The van der Waals surface area contributed by atoms with E-state index in [0.29, 0.717) is 30.9 Å². The van der Waals surface area contributed by atoms with Gasteiger partial charge in [0.2, 0.25) is 0 Å². The Labute approximate surface area is 168 Å². The predicted octanol–water partition coefficient (Wildman–Crippen LogP) is 4.18. The Balaban J connectivity index is 1.73. The van der Waals surface area contributed by atoms with Crippen LogP contribution in [0.15, 0.2) is 34.1 Å². The SMILES string of the molecule is CN1CCN(C(=O)c2cc3scc(Br)c3n2Cc2ccc(F)c(F)c2)CC1. The molecule has 142 valence electrons. The van der Waals surface area contributed by atoms with Crippen LogP contribution in [0.3, 0.4) is 0 Å². The van der Waals surface area contributed by atoms with Crippen LogP contribution in [0.2, 0.25) is 0 Å². The summed E-state index contributed by atoms with van der Waals surface area (Å²) in [6.07, 6.45) is 0. The number of thiophene rings is 1. The maximum Gasteiger partial charge on any atom is 0.270 e. The maximum absolute atomic E-state index is 13.7. The molecule has 1 aliphatic rings. The van der Waals surface area contributed by atoms with Gasteiger partial charge in [0.1, 0.15) is 5.69 Å². The number of rotatable bonds is 3. The molecule has 3 heterocycles. The van der Waals surface area contributed by atoms with Gasteiger partial charge in [0, 0.05) is 38.1 Å². The third kappa shape index (κ3) is 3.53. The Morgan fingerprint density at radius 1 is 1.15 bits per heavy atom. The molecule has 0 bridgehead atoms. The molecule has 0 N–H and O–H groups in total. The summed E-state index contributed by atoms with van der Waals surface area (Å²) in [5, 5.41) is 1.97. The van der Waals surface area contributed by atoms with Crippen LogP contribution in [0.4, 0.5) is 8.78 Å². The normalized spacial score (nSPS) is 15.6. The summed E-state index contributed by atoms with van der Waals surface area (Å²) in [6, 6.07) is 5.75. The van der Waals surface area contributed by atoms with Gasteiger partial charge in [-0.25, -0.2) is 8.78 Å². The number of amides is 1. The van der Waals surface area contributed by atoms with Crippen molar-refractivity contribution in [2.75, 3.05) is 33.2 Å². The third-order valence-corrected chi connectivity index (χ3v) is 6.74. The quantitative estimate of drug-likeness (QED) is 0.594. The van der Waals surface area contributed by atoms with Gasteiger partial charge in [-0.05, 0) is 46.7 Å². The van der Waals surface area contributed by atoms with Crippen LogP contribution in [-0.2, 0) is 6.54 Å². The standard InChI is InChI=1S/C19H18BrF2N3OS/c1-23-4-6-24(7-5-23)19(26)16-9-17-18(13(20)11-27-17)25(16)10-12-2-3-14(21)15(22)8-12/h2-3,8-9,11H,4-7,10H2,1H3. The van der Waals surface area contributed by atoms with E-state index in [1.54, 1.807) is 17.4 Å². The molecule has 2 aromatic heterocycles. The Kier molecular flexibility index (Phi) is 5.05. The first-order valence-electron chi connectivity index (χ1n) is 8.62. The van der Waals surface area contributed by atoms with Gasteiger partial charge in [0.25, 0.3) is 5.91 Å². The minimum absolute atomic E-state index is 0.0269. The molecular formula is C19H18BrF2N3OS. The maximum atomic E-state index is 13.7. The van der Waals surface area contributed by atoms with E-state index in [2.05, 4.69) is 20.8 Å². The predicted molar refractivity (Wildman–Crippen MR) is 106 cm³/mol. The Morgan fingerprint density at radius 3 is 2.59 bits per heavy atom. The highest BCUT2D eigenvalue weighted by Crippen LogP contribution is 2.34. The Morgan fingerprint density at radius 2 is 1.89 bits per heavy atom. The largest absolute Gasteiger partial charge is 0.335 e. The number of likely N-dealkylation sites (N-methyl/N-ethyl adjacent to an activating group) is 1. The van der Waals surface area contributed by atoms with Crippen molar-refractivity contribution in [2.24, 2.45) is 0 Å². The molecule has 0 unspecified atom stereocenters. The lowest BCUT2D eigenvalue weighted by molar-refractivity contribution is 0.0654. The lowest BCUT2D eigenvalue weighted by atomic mass is 10.2. The van der Waals surface area contributed by atoms with Crippen LogP contribution in [0, 0.1) is 11.6 Å². The average Bonchev–Trinajstić information content (AvgIpc) is 3.19. The molecule has 1 amide bonds. The van der Waals surface area contributed by atoms with Gasteiger partial charge >= 0.3 is 0 Å². The van der Waals surface area contributed by atoms with Gasteiger partial charge in [0.05, 0.1) is 14.7 Å². The highest BCUT2D eigenvalue weighted by molar-refractivity contribution is 9.10. The van der Waals surface area contributed by atoms with Crippen molar-refractivity contribution < 1.29 is 13.6 Å². The van der Waals surface area contributed by atoms with Crippen molar-refractivity contribution in [3.8, 4) is 0 Å². The summed E-state index contributed by atoms with van der Waals surface area (Å²) in [4.78, 5) is 17.2. The van der Waals surface area contributed by atoms with Gasteiger partial charge in [-0.1, -0.05) is 6.07 Å². The summed E-state index contributed by atoms with van der Waals surface area (Å²) < 4.78 is 30.7. The summed E-state index contributed by atoms with van der Waals surface area (Å²) in [6.45, 7) is 3.34. The monoisotopic (exact) mass is 453 g/mol. The van der Waals surface area contributed by atoms with Gasteiger partial charge in [-0.2, -0.15) is 0 Å². The molecule has 8 heteroatoms. The molecule has 1 aliphatic heterocycles. The molecule has 1 saturated heterocycles. The molecule has 1 aromatic carbocycles. The van der Waals surface area contributed by atoms with E-state index in [-0.39, 0.29) is 5.91 Å². The fourth-order valence-corrected chi connectivity index (χ4v) is 5.06. The van der Waals surface area contributed by atoms with Gasteiger partial charge in [-0.15, -0.1) is 11.3 Å². The van der Waals surface area contributed by atoms with E-state index in [1.165, 1.54) is 6.07 Å². The molecule has 4 nitrogen and oxygen atoms in total. The van der Waals surface area contributed by atoms with Crippen molar-refractivity contribution in [2.45, 2.75) is 6.54 Å². The number of carbonyl (C=O) groups is 1. The fourth-order valence-electron chi connectivity index (χ4n) is 3.36.